The van der Waals surface area contributed by atoms with E-state index in [4.69, 9.17) is 0 Å². The SMILES string of the molecule is Cc1ncc(/C=C/CCN(C)C(=O)c2ccccc2)c2c1[nH]c1ccccc12. The van der Waals surface area contributed by atoms with Gasteiger partial charge in [-0.25, -0.2) is 0 Å². The van der Waals surface area contributed by atoms with Crippen LogP contribution in [0.1, 0.15) is 28.0 Å². The van der Waals surface area contributed by atoms with Crippen molar-refractivity contribution < 1.29 is 4.79 Å². The molecule has 2 aromatic carbocycles. The molecule has 0 aliphatic rings. The van der Waals surface area contributed by atoms with E-state index in [-0.39, 0.29) is 5.91 Å². The van der Waals surface area contributed by atoms with Crippen LogP contribution in [0.25, 0.3) is 27.9 Å². The molecule has 0 aliphatic carbocycles. The molecular formula is C24H23N3O. The molecule has 1 N–H and O–H groups in total. The number of pyridine rings is 1. The van der Waals surface area contributed by atoms with Crippen molar-refractivity contribution in [1.82, 2.24) is 14.9 Å². The van der Waals surface area contributed by atoms with Gasteiger partial charge >= 0.3 is 0 Å². The van der Waals surface area contributed by atoms with Crippen LogP contribution < -0.4 is 0 Å². The van der Waals surface area contributed by atoms with Gasteiger partial charge in [0.15, 0.2) is 0 Å². The lowest BCUT2D eigenvalue weighted by Gasteiger charge is -2.16. The van der Waals surface area contributed by atoms with Crippen LogP contribution >= 0.6 is 0 Å². The molecule has 2 heterocycles. The van der Waals surface area contributed by atoms with Gasteiger partial charge in [-0.2, -0.15) is 0 Å². The number of nitrogens with one attached hydrogen (secondary N) is 1. The van der Waals surface area contributed by atoms with Gasteiger partial charge in [-0.3, -0.25) is 9.78 Å². The monoisotopic (exact) mass is 369 g/mol. The first-order valence-corrected chi connectivity index (χ1v) is 9.48. The predicted molar refractivity (Wildman–Crippen MR) is 115 cm³/mol. The first kappa shape index (κ1) is 18.0. The average molecular weight is 369 g/mol. The van der Waals surface area contributed by atoms with Crippen LogP contribution in [0.2, 0.25) is 0 Å². The summed E-state index contributed by atoms with van der Waals surface area (Å²) in [6, 6.07) is 17.7. The topological polar surface area (TPSA) is 49.0 Å². The molecule has 0 bridgehead atoms. The Morgan fingerprint density at radius 2 is 1.86 bits per heavy atom. The third kappa shape index (κ3) is 3.41. The molecule has 2 aromatic heterocycles. The Balaban J connectivity index is 1.52. The molecule has 4 nitrogen and oxygen atoms in total. The summed E-state index contributed by atoms with van der Waals surface area (Å²) in [6.45, 7) is 2.69. The van der Waals surface area contributed by atoms with Crippen molar-refractivity contribution in [3.05, 3.63) is 83.7 Å². The van der Waals surface area contributed by atoms with Crippen LogP contribution in [0.4, 0.5) is 0 Å². The summed E-state index contributed by atoms with van der Waals surface area (Å²) in [6.07, 6.45) is 6.93. The summed E-state index contributed by atoms with van der Waals surface area (Å²) >= 11 is 0. The van der Waals surface area contributed by atoms with E-state index < -0.39 is 0 Å². The normalized spacial score (nSPS) is 11.5. The lowest BCUT2D eigenvalue weighted by atomic mass is 10.1. The third-order valence-electron chi connectivity index (χ3n) is 5.05. The molecule has 28 heavy (non-hydrogen) atoms. The van der Waals surface area contributed by atoms with Crippen molar-refractivity contribution in [2.24, 2.45) is 0 Å². The van der Waals surface area contributed by atoms with Crippen LogP contribution in [-0.4, -0.2) is 34.4 Å². The van der Waals surface area contributed by atoms with Gasteiger partial charge in [-0.1, -0.05) is 48.6 Å². The van der Waals surface area contributed by atoms with Crippen molar-refractivity contribution in [2.75, 3.05) is 13.6 Å². The molecule has 0 saturated carbocycles. The standard InChI is InChI=1S/C24H23N3O/c1-17-23-22(20-13-6-7-14-21(20)26-23)19(16-25-17)12-8-9-15-27(2)24(28)18-10-4-3-5-11-18/h3-8,10-14,16,26H,9,15H2,1-2H3/b12-8+. The summed E-state index contributed by atoms with van der Waals surface area (Å²) in [4.78, 5) is 22.2. The molecule has 4 aromatic rings. The summed E-state index contributed by atoms with van der Waals surface area (Å²) in [5, 5.41) is 2.41. The Kier molecular flexibility index (Phi) is 4.94. The zero-order valence-corrected chi connectivity index (χ0v) is 16.1. The molecule has 140 valence electrons. The van der Waals surface area contributed by atoms with Gasteiger partial charge in [0, 0.05) is 47.2 Å². The summed E-state index contributed by atoms with van der Waals surface area (Å²) in [5.41, 5.74) is 5.01. The van der Waals surface area contributed by atoms with Crippen molar-refractivity contribution in [1.29, 1.82) is 0 Å². The van der Waals surface area contributed by atoms with Gasteiger partial charge in [-0.05, 0) is 31.5 Å². The highest BCUT2D eigenvalue weighted by atomic mass is 16.2. The van der Waals surface area contributed by atoms with E-state index in [2.05, 4.69) is 40.3 Å². The van der Waals surface area contributed by atoms with E-state index in [9.17, 15) is 4.79 Å². The number of carbonyl (C=O) groups is 1. The van der Waals surface area contributed by atoms with Crippen molar-refractivity contribution in [3.63, 3.8) is 0 Å². The quantitative estimate of drug-likeness (QED) is 0.526. The van der Waals surface area contributed by atoms with E-state index in [0.29, 0.717) is 6.54 Å². The average Bonchev–Trinajstić information content (AvgIpc) is 3.13. The van der Waals surface area contributed by atoms with Crippen LogP contribution in [0.5, 0.6) is 0 Å². The van der Waals surface area contributed by atoms with Gasteiger partial charge in [0.05, 0.1) is 11.2 Å². The van der Waals surface area contributed by atoms with Gasteiger partial charge in [-0.15, -0.1) is 0 Å². The number of H-pyrrole nitrogens is 1. The highest BCUT2D eigenvalue weighted by molar-refractivity contribution is 6.11. The van der Waals surface area contributed by atoms with Gasteiger partial charge < -0.3 is 9.88 Å². The molecular weight excluding hydrogens is 346 g/mol. The number of fused-ring (bicyclic) bond motifs is 3. The van der Waals surface area contributed by atoms with Gasteiger partial charge in [0.25, 0.3) is 5.91 Å². The first-order chi connectivity index (χ1) is 13.6. The molecule has 4 rings (SSSR count). The van der Waals surface area contributed by atoms with Crippen molar-refractivity contribution in [3.8, 4) is 0 Å². The smallest absolute Gasteiger partial charge is 0.253 e. The van der Waals surface area contributed by atoms with E-state index in [1.165, 1.54) is 10.8 Å². The fourth-order valence-corrected chi connectivity index (χ4v) is 3.52. The zero-order chi connectivity index (χ0) is 19.5. The van der Waals surface area contributed by atoms with Gasteiger partial charge in [0.1, 0.15) is 0 Å². The minimum absolute atomic E-state index is 0.0463. The van der Waals surface area contributed by atoms with E-state index in [1.807, 2.05) is 56.6 Å². The number of rotatable bonds is 5. The predicted octanol–water partition coefficient (Wildman–Crippen LogP) is 5.20. The summed E-state index contributed by atoms with van der Waals surface area (Å²) in [5.74, 6) is 0.0463. The van der Waals surface area contributed by atoms with Crippen molar-refractivity contribution >= 4 is 33.8 Å². The Labute approximate surface area is 164 Å². The van der Waals surface area contributed by atoms with Crippen LogP contribution in [0.15, 0.2) is 66.9 Å². The maximum atomic E-state index is 12.4. The third-order valence-corrected chi connectivity index (χ3v) is 5.05. The van der Waals surface area contributed by atoms with E-state index >= 15 is 0 Å². The number of amides is 1. The molecule has 0 fully saturated rings. The maximum Gasteiger partial charge on any atom is 0.253 e. The second-order valence-electron chi connectivity index (χ2n) is 7.00. The molecule has 0 atom stereocenters. The van der Waals surface area contributed by atoms with Crippen LogP contribution in [-0.2, 0) is 0 Å². The highest BCUT2D eigenvalue weighted by Crippen LogP contribution is 2.30. The lowest BCUT2D eigenvalue weighted by molar-refractivity contribution is 0.0797. The number of hydrogen-bond acceptors (Lipinski definition) is 2. The van der Waals surface area contributed by atoms with E-state index in [0.717, 1.165) is 34.3 Å². The molecule has 0 aliphatic heterocycles. The molecule has 0 spiro atoms. The molecule has 0 unspecified atom stereocenters. The minimum Gasteiger partial charge on any atom is -0.353 e. The Bertz CT molecular complexity index is 1160. The van der Waals surface area contributed by atoms with Crippen LogP contribution in [0, 0.1) is 6.92 Å². The number of benzene rings is 2. The molecule has 0 saturated heterocycles. The number of hydrogen-bond donors (Lipinski definition) is 1. The minimum atomic E-state index is 0.0463. The Hall–Kier alpha value is -3.40. The number of aryl methyl sites for hydroxylation is 1. The Morgan fingerprint density at radius 1 is 1.11 bits per heavy atom. The Morgan fingerprint density at radius 3 is 2.68 bits per heavy atom. The van der Waals surface area contributed by atoms with Crippen LogP contribution in [0.3, 0.4) is 0 Å². The largest absolute Gasteiger partial charge is 0.353 e. The second kappa shape index (κ2) is 7.69. The zero-order valence-electron chi connectivity index (χ0n) is 16.1. The molecule has 0 radical (unpaired) electrons. The lowest BCUT2D eigenvalue weighted by Crippen LogP contribution is -2.27. The maximum absolute atomic E-state index is 12.4. The number of nitrogens with zero attached hydrogens (tertiary/aromatic N) is 2. The van der Waals surface area contributed by atoms with Crippen molar-refractivity contribution in [2.45, 2.75) is 13.3 Å². The fourth-order valence-electron chi connectivity index (χ4n) is 3.52. The van der Waals surface area contributed by atoms with Gasteiger partial charge in [0.2, 0.25) is 0 Å². The van der Waals surface area contributed by atoms with E-state index in [1.54, 1.807) is 4.90 Å². The number of para-hydroxylation sites is 1. The number of aromatic nitrogens is 2. The number of aromatic amines is 1. The summed E-state index contributed by atoms with van der Waals surface area (Å²) in [7, 11) is 1.84. The first-order valence-electron chi connectivity index (χ1n) is 9.48. The second-order valence-corrected chi connectivity index (χ2v) is 7.00. The number of carbonyl (C=O) groups excluding carboxylic acids is 1. The summed E-state index contributed by atoms with van der Waals surface area (Å²) < 4.78 is 0. The fraction of sp³-hybridized carbons (Fsp3) is 0.167. The molecule has 1 amide bonds. The molecule has 4 heteroatoms. The highest BCUT2D eigenvalue weighted by Gasteiger charge is 2.11.